The minimum Gasteiger partial charge on any atom is -0.480 e. The van der Waals surface area contributed by atoms with Gasteiger partial charge in [0, 0.05) is 12.5 Å². The second kappa shape index (κ2) is 17.4. The molecule has 0 spiro atoms. The van der Waals surface area contributed by atoms with E-state index in [1.807, 2.05) is 13.8 Å². The van der Waals surface area contributed by atoms with Crippen molar-refractivity contribution in [2.45, 2.75) is 77.0 Å². The van der Waals surface area contributed by atoms with E-state index in [2.05, 4.69) is 21.3 Å². The quantitative estimate of drug-likeness (QED) is 0.175. The van der Waals surface area contributed by atoms with Crippen LogP contribution >= 0.6 is 0 Å². The summed E-state index contributed by atoms with van der Waals surface area (Å²) in [7, 11) is 1.56. The molecular formula is C22H40N6O7. The van der Waals surface area contributed by atoms with Gasteiger partial charge in [0.15, 0.2) is 0 Å². The van der Waals surface area contributed by atoms with Gasteiger partial charge in [0.2, 0.25) is 23.6 Å². The van der Waals surface area contributed by atoms with Crippen molar-refractivity contribution in [2.24, 2.45) is 5.73 Å². The summed E-state index contributed by atoms with van der Waals surface area (Å²) < 4.78 is 0. The molecule has 13 heteroatoms. The number of hydrogen-bond donors (Lipinski definition) is 6. The van der Waals surface area contributed by atoms with Gasteiger partial charge < -0.3 is 41.8 Å². The zero-order valence-corrected chi connectivity index (χ0v) is 21.0. The molecule has 4 atom stereocenters. The number of carbonyl (C=O) groups is 6. The van der Waals surface area contributed by atoms with E-state index in [-0.39, 0.29) is 37.9 Å². The standard InChI is InChI=1S/C15H25N5O6.C5H9NO.C2H6/c1-8-5-10(15(26)20(8)7-13(23)24)19-14(25)9(3-4-11(16)21)18-12(22)6-17-2;7-4-5-2-1-3-6-5;1-2/h8-10,17H,3-7H2,1-2H3,(H2,16,21)(H,18,22)(H,19,25)(H,23,24);4-6H,1-3H2;1-2H3. The molecule has 200 valence electrons. The zero-order valence-electron chi connectivity index (χ0n) is 21.0. The topological polar surface area (TPSA) is 200 Å². The van der Waals surface area contributed by atoms with Gasteiger partial charge in [-0.3, -0.25) is 24.0 Å². The number of carboxylic acid groups (broad SMARTS) is 1. The first-order valence-corrected chi connectivity index (χ1v) is 11.8. The molecule has 2 aliphatic heterocycles. The number of carboxylic acids is 1. The summed E-state index contributed by atoms with van der Waals surface area (Å²) >= 11 is 0. The minimum atomic E-state index is -1.14. The lowest BCUT2D eigenvalue weighted by atomic mass is 10.1. The molecule has 2 rings (SSSR count). The molecular weight excluding hydrogens is 460 g/mol. The lowest BCUT2D eigenvalue weighted by molar-refractivity contribution is -0.144. The van der Waals surface area contributed by atoms with Crippen LogP contribution in [0.4, 0.5) is 0 Å². The van der Waals surface area contributed by atoms with E-state index in [0.29, 0.717) is 0 Å². The highest BCUT2D eigenvalue weighted by Crippen LogP contribution is 2.19. The molecule has 0 aromatic carbocycles. The van der Waals surface area contributed by atoms with Crippen molar-refractivity contribution >= 4 is 35.9 Å². The predicted molar refractivity (Wildman–Crippen MR) is 128 cm³/mol. The van der Waals surface area contributed by atoms with Gasteiger partial charge in [-0.25, -0.2) is 0 Å². The van der Waals surface area contributed by atoms with Gasteiger partial charge in [0.05, 0.1) is 12.6 Å². The predicted octanol–water partition coefficient (Wildman–Crippen LogP) is -1.89. The Labute approximate surface area is 205 Å². The summed E-state index contributed by atoms with van der Waals surface area (Å²) in [6.07, 6.45) is 3.30. The Hall–Kier alpha value is -3.06. The Morgan fingerprint density at radius 1 is 1.29 bits per heavy atom. The van der Waals surface area contributed by atoms with Crippen LogP contribution in [0.3, 0.4) is 0 Å². The van der Waals surface area contributed by atoms with Crippen molar-refractivity contribution in [3.63, 3.8) is 0 Å². The first kappa shape index (κ1) is 31.9. The molecule has 4 unspecified atom stereocenters. The zero-order chi connectivity index (χ0) is 27.0. The van der Waals surface area contributed by atoms with Gasteiger partial charge in [0.1, 0.15) is 24.9 Å². The van der Waals surface area contributed by atoms with Crippen molar-refractivity contribution in [2.75, 3.05) is 26.7 Å². The molecule has 0 saturated carbocycles. The third-order valence-corrected chi connectivity index (χ3v) is 5.24. The molecule has 2 fully saturated rings. The lowest BCUT2D eigenvalue weighted by Gasteiger charge is -2.21. The van der Waals surface area contributed by atoms with Crippen LogP contribution in [0.15, 0.2) is 0 Å². The minimum absolute atomic E-state index is 0.00801. The van der Waals surface area contributed by atoms with Crippen molar-refractivity contribution in [1.82, 2.24) is 26.2 Å². The number of aliphatic carboxylic acids is 1. The second-order valence-corrected chi connectivity index (χ2v) is 8.00. The number of likely N-dealkylation sites (N-methyl/N-ethyl adjacent to an activating group) is 1. The molecule has 0 aromatic rings. The fourth-order valence-corrected chi connectivity index (χ4v) is 3.55. The van der Waals surface area contributed by atoms with E-state index in [9.17, 15) is 28.8 Å². The van der Waals surface area contributed by atoms with E-state index >= 15 is 0 Å². The van der Waals surface area contributed by atoms with Crippen LogP contribution in [0.2, 0.25) is 0 Å². The number of rotatable bonds is 11. The van der Waals surface area contributed by atoms with E-state index < -0.39 is 48.2 Å². The van der Waals surface area contributed by atoms with Crippen LogP contribution in [0, 0.1) is 0 Å². The Morgan fingerprint density at radius 3 is 2.40 bits per heavy atom. The number of amides is 4. The number of nitrogens with two attached hydrogens (primary N) is 1. The van der Waals surface area contributed by atoms with Crippen molar-refractivity contribution in [1.29, 1.82) is 0 Å². The summed E-state index contributed by atoms with van der Waals surface area (Å²) in [5.41, 5.74) is 5.09. The molecule has 4 amide bonds. The van der Waals surface area contributed by atoms with E-state index in [4.69, 9.17) is 10.8 Å². The largest absolute Gasteiger partial charge is 0.480 e. The smallest absolute Gasteiger partial charge is 0.323 e. The summed E-state index contributed by atoms with van der Waals surface area (Å²) in [6, 6.07) is -2.08. The maximum atomic E-state index is 12.4. The van der Waals surface area contributed by atoms with Crippen LogP contribution in [-0.2, 0) is 28.8 Å². The van der Waals surface area contributed by atoms with Crippen molar-refractivity contribution < 1.29 is 33.9 Å². The molecule has 0 radical (unpaired) electrons. The van der Waals surface area contributed by atoms with Crippen molar-refractivity contribution in [3.05, 3.63) is 0 Å². The Kier molecular flexibility index (Phi) is 15.9. The van der Waals surface area contributed by atoms with E-state index in [0.717, 1.165) is 25.7 Å². The van der Waals surface area contributed by atoms with Crippen LogP contribution in [0.1, 0.15) is 52.9 Å². The molecule has 13 nitrogen and oxygen atoms in total. The van der Waals surface area contributed by atoms with Crippen LogP contribution in [0.5, 0.6) is 0 Å². The SMILES string of the molecule is CC.CNCC(=O)NC(CCC(N)=O)C(=O)NC1CC(C)N(CC(=O)O)C1=O.O=CC1CCCN1. The number of nitrogens with zero attached hydrogens (tertiary/aromatic N) is 1. The second-order valence-electron chi connectivity index (χ2n) is 8.00. The van der Waals surface area contributed by atoms with Gasteiger partial charge in [-0.05, 0) is 46.2 Å². The lowest BCUT2D eigenvalue weighted by Crippen LogP contribution is -2.53. The Morgan fingerprint density at radius 2 is 1.94 bits per heavy atom. The molecule has 0 aromatic heterocycles. The highest BCUT2D eigenvalue weighted by atomic mass is 16.4. The molecule has 0 bridgehead atoms. The monoisotopic (exact) mass is 500 g/mol. The van der Waals surface area contributed by atoms with Gasteiger partial charge >= 0.3 is 5.97 Å². The number of hydrogen-bond acceptors (Lipinski definition) is 8. The number of primary amides is 1. The summed E-state index contributed by atoms with van der Waals surface area (Å²) in [4.78, 5) is 69.4. The molecule has 2 saturated heterocycles. The first-order valence-electron chi connectivity index (χ1n) is 11.8. The van der Waals surface area contributed by atoms with Crippen molar-refractivity contribution in [3.8, 4) is 0 Å². The number of aldehydes is 1. The highest BCUT2D eigenvalue weighted by Gasteiger charge is 2.39. The molecule has 2 heterocycles. The van der Waals surface area contributed by atoms with Crippen LogP contribution in [-0.4, -0.2) is 96.7 Å². The summed E-state index contributed by atoms with van der Waals surface area (Å²) in [6.45, 7) is 6.23. The third-order valence-electron chi connectivity index (χ3n) is 5.24. The fourth-order valence-electron chi connectivity index (χ4n) is 3.55. The maximum Gasteiger partial charge on any atom is 0.323 e. The Bertz CT molecular complexity index is 727. The third kappa shape index (κ3) is 12.3. The highest BCUT2D eigenvalue weighted by molar-refractivity contribution is 5.94. The van der Waals surface area contributed by atoms with Crippen LogP contribution in [0.25, 0.3) is 0 Å². The van der Waals surface area contributed by atoms with E-state index in [1.165, 1.54) is 4.90 Å². The molecule has 0 aliphatic carbocycles. The number of carbonyl (C=O) groups excluding carboxylic acids is 5. The molecule has 7 N–H and O–H groups in total. The maximum absolute atomic E-state index is 12.4. The molecule has 35 heavy (non-hydrogen) atoms. The van der Waals surface area contributed by atoms with Gasteiger partial charge in [-0.15, -0.1) is 0 Å². The van der Waals surface area contributed by atoms with E-state index in [1.54, 1.807) is 14.0 Å². The normalized spacial score (nSPS) is 21.5. The van der Waals surface area contributed by atoms with Gasteiger partial charge in [0.25, 0.3) is 0 Å². The Balaban J connectivity index is 0.00000108. The van der Waals surface area contributed by atoms with Gasteiger partial charge in [-0.2, -0.15) is 0 Å². The fraction of sp³-hybridized carbons (Fsp3) is 0.727. The average molecular weight is 501 g/mol. The van der Waals surface area contributed by atoms with Crippen LogP contribution < -0.4 is 27.0 Å². The number of nitrogens with one attached hydrogen (secondary N) is 4. The molecule has 2 aliphatic rings. The first-order chi connectivity index (χ1) is 16.6. The van der Waals surface area contributed by atoms with Gasteiger partial charge in [-0.1, -0.05) is 13.8 Å². The number of likely N-dealkylation sites (tertiary alicyclic amines) is 1. The average Bonchev–Trinajstić information content (AvgIpc) is 3.42. The summed E-state index contributed by atoms with van der Waals surface area (Å²) in [5.74, 6) is -3.34. The summed E-state index contributed by atoms with van der Waals surface area (Å²) in [5, 5.41) is 19.5.